The number of nitrogens with one attached hydrogen (secondary N) is 1. The largest absolute Gasteiger partial charge is 0.462 e. The van der Waals surface area contributed by atoms with Crippen molar-refractivity contribution in [2.24, 2.45) is 0 Å². The Kier molecular flexibility index (Phi) is 4.39. The van der Waals surface area contributed by atoms with Crippen LogP contribution in [0.25, 0.3) is 11.0 Å². The standard InChI is InChI=1S/C18H16F2N2O3/c1-3-25-18(24)14-10(2)21-17-12(16(14)23)7-8-22(17)9-11-5-4-6-13(19)15(11)20/h4-8H,3,9H2,1-2H3,(H,21,23). The molecule has 0 aliphatic carbocycles. The van der Waals surface area contributed by atoms with E-state index in [4.69, 9.17) is 4.74 Å². The first-order chi connectivity index (χ1) is 11.9. The summed E-state index contributed by atoms with van der Waals surface area (Å²) in [7, 11) is 0. The summed E-state index contributed by atoms with van der Waals surface area (Å²) in [6, 6.07) is 5.48. The molecule has 0 saturated carbocycles. The minimum absolute atomic E-state index is 0.0429. The van der Waals surface area contributed by atoms with Crippen molar-refractivity contribution >= 4 is 17.0 Å². The van der Waals surface area contributed by atoms with Gasteiger partial charge in [-0.3, -0.25) is 4.79 Å². The lowest BCUT2D eigenvalue weighted by molar-refractivity contribution is 0.0523. The first-order valence-electron chi connectivity index (χ1n) is 7.75. The van der Waals surface area contributed by atoms with Gasteiger partial charge < -0.3 is 14.3 Å². The molecule has 0 fully saturated rings. The van der Waals surface area contributed by atoms with Crippen molar-refractivity contribution in [3.63, 3.8) is 0 Å². The summed E-state index contributed by atoms with van der Waals surface area (Å²) in [5.41, 5.74) is 0.437. The van der Waals surface area contributed by atoms with E-state index in [1.165, 1.54) is 18.2 Å². The Morgan fingerprint density at radius 1 is 1.28 bits per heavy atom. The van der Waals surface area contributed by atoms with Crippen LogP contribution in [0.1, 0.15) is 28.5 Å². The van der Waals surface area contributed by atoms with Gasteiger partial charge in [-0.1, -0.05) is 12.1 Å². The highest BCUT2D eigenvalue weighted by Crippen LogP contribution is 2.18. The zero-order chi connectivity index (χ0) is 18.1. The van der Waals surface area contributed by atoms with Gasteiger partial charge in [-0.05, 0) is 26.0 Å². The number of halogens is 2. The van der Waals surface area contributed by atoms with Gasteiger partial charge in [0, 0.05) is 17.5 Å². The van der Waals surface area contributed by atoms with Gasteiger partial charge in [-0.15, -0.1) is 0 Å². The first kappa shape index (κ1) is 16.9. The van der Waals surface area contributed by atoms with Crippen molar-refractivity contribution in [1.82, 2.24) is 9.55 Å². The number of aromatic nitrogens is 2. The van der Waals surface area contributed by atoms with Crippen molar-refractivity contribution in [1.29, 1.82) is 0 Å². The summed E-state index contributed by atoms with van der Waals surface area (Å²) in [6.07, 6.45) is 1.58. The lowest BCUT2D eigenvalue weighted by atomic mass is 10.1. The topological polar surface area (TPSA) is 64.1 Å². The number of esters is 1. The molecule has 2 heterocycles. The fourth-order valence-corrected chi connectivity index (χ4v) is 2.78. The molecule has 3 aromatic rings. The van der Waals surface area contributed by atoms with Crippen molar-refractivity contribution in [3.05, 3.63) is 69.1 Å². The average Bonchev–Trinajstić information content (AvgIpc) is 2.95. The minimum Gasteiger partial charge on any atom is -0.462 e. The number of fused-ring (bicyclic) bond motifs is 1. The number of aryl methyl sites for hydroxylation is 1. The van der Waals surface area contributed by atoms with Crippen LogP contribution in [0.3, 0.4) is 0 Å². The van der Waals surface area contributed by atoms with Crippen LogP contribution in [-0.2, 0) is 11.3 Å². The molecule has 0 unspecified atom stereocenters. The van der Waals surface area contributed by atoms with Crippen molar-refractivity contribution in [2.45, 2.75) is 20.4 Å². The van der Waals surface area contributed by atoms with Gasteiger partial charge in [0.2, 0.25) is 5.43 Å². The number of H-pyrrole nitrogens is 1. The lowest BCUT2D eigenvalue weighted by Crippen LogP contribution is -2.21. The Morgan fingerprint density at radius 3 is 2.76 bits per heavy atom. The van der Waals surface area contributed by atoms with Crippen LogP contribution in [0.5, 0.6) is 0 Å². The summed E-state index contributed by atoms with van der Waals surface area (Å²) < 4.78 is 33.8. The molecule has 2 aromatic heterocycles. The molecule has 0 amide bonds. The van der Waals surface area contributed by atoms with Gasteiger partial charge in [-0.2, -0.15) is 0 Å². The quantitative estimate of drug-likeness (QED) is 0.738. The molecular weight excluding hydrogens is 330 g/mol. The third-order valence-electron chi connectivity index (χ3n) is 3.97. The monoisotopic (exact) mass is 346 g/mol. The van der Waals surface area contributed by atoms with Crippen LogP contribution < -0.4 is 5.43 Å². The van der Waals surface area contributed by atoms with Gasteiger partial charge in [0.1, 0.15) is 11.2 Å². The molecule has 1 N–H and O–H groups in total. The Labute approximate surface area is 141 Å². The van der Waals surface area contributed by atoms with Crippen LogP contribution in [0.4, 0.5) is 8.78 Å². The molecule has 3 rings (SSSR count). The number of carbonyl (C=O) groups excluding carboxylic acids is 1. The molecule has 0 saturated heterocycles. The van der Waals surface area contributed by atoms with E-state index in [-0.39, 0.29) is 29.7 Å². The summed E-state index contributed by atoms with van der Waals surface area (Å²) in [4.78, 5) is 27.5. The van der Waals surface area contributed by atoms with Crippen LogP contribution in [0, 0.1) is 18.6 Å². The van der Waals surface area contributed by atoms with Crippen molar-refractivity contribution in [3.8, 4) is 0 Å². The molecule has 0 spiro atoms. The molecule has 0 aliphatic rings. The molecule has 7 heteroatoms. The molecule has 0 bridgehead atoms. The number of ether oxygens (including phenoxy) is 1. The molecule has 0 aliphatic heterocycles. The third-order valence-corrected chi connectivity index (χ3v) is 3.97. The predicted octanol–water partition coefficient (Wildman–Crippen LogP) is 3.14. The maximum absolute atomic E-state index is 13.9. The van der Waals surface area contributed by atoms with E-state index in [1.807, 2.05) is 0 Å². The van der Waals surface area contributed by atoms with E-state index < -0.39 is 23.0 Å². The highest BCUT2D eigenvalue weighted by molar-refractivity contribution is 5.94. The van der Waals surface area contributed by atoms with Crippen LogP contribution in [-0.4, -0.2) is 22.1 Å². The Bertz CT molecular complexity index is 1020. The van der Waals surface area contributed by atoms with Crippen LogP contribution >= 0.6 is 0 Å². The van der Waals surface area contributed by atoms with E-state index in [0.717, 1.165) is 6.07 Å². The summed E-state index contributed by atoms with van der Waals surface area (Å²) in [5, 5.41) is 0.283. The normalized spacial score (nSPS) is 11.0. The second-order valence-electron chi connectivity index (χ2n) is 5.59. The fraction of sp³-hybridized carbons (Fsp3) is 0.222. The molecular formula is C18H16F2N2O3. The number of aromatic amines is 1. The third kappa shape index (κ3) is 2.93. The number of hydrogen-bond donors (Lipinski definition) is 1. The van der Waals surface area contributed by atoms with Crippen LogP contribution in [0.2, 0.25) is 0 Å². The van der Waals surface area contributed by atoms with Gasteiger partial charge in [0.05, 0.1) is 18.5 Å². The van der Waals surface area contributed by atoms with Gasteiger partial charge in [0.15, 0.2) is 11.6 Å². The SMILES string of the molecule is CCOC(=O)c1c(C)[nH]c2c(ccn2Cc2cccc(F)c2F)c1=O. The number of nitrogens with zero attached hydrogens (tertiary/aromatic N) is 1. The lowest BCUT2D eigenvalue weighted by Gasteiger charge is -2.10. The molecule has 1 aromatic carbocycles. The molecule has 130 valence electrons. The Morgan fingerprint density at radius 2 is 2.04 bits per heavy atom. The van der Waals surface area contributed by atoms with E-state index >= 15 is 0 Å². The smallest absolute Gasteiger partial charge is 0.343 e. The number of benzene rings is 1. The second-order valence-corrected chi connectivity index (χ2v) is 5.59. The fourth-order valence-electron chi connectivity index (χ4n) is 2.78. The molecule has 0 radical (unpaired) electrons. The van der Waals surface area contributed by atoms with Gasteiger partial charge in [-0.25, -0.2) is 13.6 Å². The number of pyridine rings is 1. The summed E-state index contributed by atoms with van der Waals surface area (Å²) in [6.45, 7) is 3.45. The minimum atomic E-state index is -0.928. The highest BCUT2D eigenvalue weighted by atomic mass is 19.2. The van der Waals surface area contributed by atoms with Gasteiger partial charge >= 0.3 is 5.97 Å². The van der Waals surface area contributed by atoms with E-state index in [2.05, 4.69) is 4.98 Å². The zero-order valence-electron chi connectivity index (χ0n) is 13.7. The summed E-state index contributed by atoms with van der Waals surface area (Å²) in [5.74, 6) is -2.54. The zero-order valence-corrected chi connectivity index (χ0v) is 13.7. The molecule has 0 atom stereocenters. The van der Waals surface area contributed by atoms with E-state index in [9.17, 15) is 18.4 Å². The van der Waals surface area contributed by atoms with Crippen molar-refractivity contribution in [2.75, 3.05) is 6.61 Å². The maximum Gasteiger partial charge on any atom is 0.343 e. The molecule has 5 nitrogen and oxygen atoms in total. The second kappa shape index (κ2) is 6.51. The number of carbonyl (C=O) groups is 1. The predicted molar refractivity (Wildman–Crippen MR) is 88.7 cm³/mol. The number of hydrogen-bond acceptors (Lipinski definition) is 3. The number of rotatable bonds is 4. The highest BCUT2D eigenvalue weighted by Gasteiger charge is 2.20. The average molecular weight is 346 g/mol. The summed E-state index contributed by atoms with van der Waals surface area (Å²) >= 11 is 0. The van der Waals surface area contributed by atoms with Crippen LogP contribution in [0.15, 0.2) is 35.3 Å². The van der Waals surface area contributed by atoms with E-state index in [0.29, 0.717) is 11.3 Å². The van der Waals surface area contributed by atoms with E-state index in [1.54, 1.807) is 24.6 Å². The van der Waals surface area contributed by atoms with Gasteiger partial charge in [0.25, 0.3) is 0 Å². The maximum atomic E-state index is 13.9. The Balaban J connectivity index is 2.10. The molecule has 25 heavy (non-hydrogen) atoms. The first-order valence-corrected chi connectivity index (χ1v) is 7.75. The Hall–Kier alpha value is -2.96. The van der Waals surface area contributed by atoms with Crippen molar-refractivity contribution < 1.29 is 18.3 Å².